The lowest BCUT2D eigenvalue weighted by Crippen LogP contribution is -2.00. The molecule has 0 aromatic heterocycles. The molecule has 0 spiro atoms. The Morgan fingerprint density at radius 2 is 2.08 bits per heavy atom. The first-order valence-corrected chi connectivity index (χ1v) is 4.92. The molecule has 13 heavy (non-hydrogen) atoms. The summed E-state index contributed by atoms with van der Waals surface area (Å²) in [6, 6.07) is 1.50. The number of aryl methyl sites for hydroxylation is 1. The van der Waals surface area contributed by atoms with Gasteiger partial charge in [-0.3, -0.25) is 0 Å². The Balaban J connectivity index is 3.28. The minimum absolute atomic E-state index is 0.0440. The Morgan fingerprint density at radius 3 is 2.62 bits per heavy atom. The van der Waals surface area contributed by atoms with Crippen molar-refractivity contribution in [1.29, 1.82) is 0 Å². The molecule has 0 heterocycles. The van der Waals surface area contributed by atoms with Crippen molar-refractivity contribution in [2.75, 3.05) is 6.61 Å². The van der Waals surface area contributed by atoms with Crippen molar-refractivity contribution in [3.63, 3.8) is 0 Å². The average molecular weight is 247 g/mol. The van der Waals surface area contributed by atoms with E-state index in [2.05, 4.69) is 15.9 Å². The van der Waals surface area contributed by atoms with Crippen LogP contribution >= 0.6 is 15.9 Å². The lowest BCUT2D eigenvalue weighted by atomic mass is 10.0. The van der Waals surface area contributed by atoms with Crippen LogP contribution in [-0.2, 0) is 6.42 Å². The molecule has 0 aliphatic carbocycles. The standard InChI is InChI=1S/C10H12BrFO/c1-6-5-9(12)10(11)8(3-4-13)7(6)2/h5,13H,3-4H2,1-2H3. The molecule has 0 atom stereocenters. The minimum atomic E-state index is -0.258. The first-order valence-electron chi connectivity index (χ1n) is 4.13. The van der Waals surface area contributed by atoms with Gasteiger partial charge >= 0.3 is 0 Å². The van der Waals surface area contributed by atoms with E-state index in [1.807, 2.05) is 13.8 Å². The quantitative estimate of drug-likeness (QED) is 0.851. The number of aliphatic hydroxyl groups is 1. The Labute approximate surface area is 85.7 Å². The Morgan fingerprint density at radius 1 is 1.46 bits per heavy atom. The van der Waals surface area contributed by atoms with E-state index in [1.54, 1.807) is 0 Å². The normalized spacial score (nSPS) is 10.5. The highest BCUT2D eigenvalue weighted by atomic mass is 79.9. The second-order valence-corrected chi connectivity index (χ2v) is 3.86. The highest BCUT2D eigenvalue weighted by Crippen LogP contribution is 2.26. The fourth-order valence-corrected chi connectivity index (χ4v) is 1.93. The average Bonchev–Trinajstić information content (AvgIpc) is 2.09. The molecule has 1 aromatic carbocycles. The van der Waals surface area contributed by atoms with Gasteiger partial charge in [-0.2, -0.15) is 0 Å². The summed E-state index contributed by atoms with van der Waals surface area (Å²) in [5.41, 5.74) is 2.83. The molecule has 3 heteroatoms. The monoisotopic (exact) mass is 246 g/mol. The maximum absolute atomic E-state index is 13.2. The number of benzene rings is 1. The van der Waals surface area contributed by atoms with Gasteiger partial charge in [0.1, 0.15) is 5.82 Å². The zero-order valence-electron chi connectivity index (χ0n) is 7.69. The predicted octanol–water partition coefficient (Wildman–Crippen LogP) is 2.74. The molecule has 72 valence electrons. The first-order chi connectivity index (χ1) is 6.07. The van der Waals surface area contributed by atoms with Crippen molar-refractivity contribution in [3.05, 3.63) is 33.0 Å². The van der Waals surface area contributed by atoms with Gasteiger partial charge in [0.15, 0.2) is 0 Å². The second-order valence-electron chi connectivity index (χ2n) is 3.07. The van der Waals surface area contributed by atoms with Crippen molar-refractivity contribution < 1.29 is 9.50 Å². The molecule has 0 radical (unpaired) electrons. The van der Waals surface area contributed by atoms with Crippen LogP contribution in [0, 0.1) is 19.7 Å². The van der Waals surface area contributed by atoms with Crippen molar-refractivity contribution in [2.45, 2.75) is 20.3 Å². The topological polar surface area (TPSA) is 20.2 Å². The molecule has 1 rings (SSSR count). The maximum atomic E-state index is 13.2. The third-order valence-corrected chi connectivity index (χ3v) is 3.08. The number of hydrogen-bond acceptors (Lipinski definition) is 1. The number of hydrogen-bond donors (Lipinski definition) is 1. The third kappa shape index (κ3) is 2.09. The fraction of sp³-hybridized carbons (Fsp3) is 0.400. The van der Waals surface area contributed by atoms with Gasteiger partial charge in [0.2, 0.25) is 0 Å². The molecule has 0 fully saturated rings. The minimum Gasteiger partial charge on any atom is -0.396 e. The van der Waals surface area contributed by atoms with E-state index in [0.29, 0.717) is 10.9 Å². The number of aliphatic hydroxyl groups excluding tert-OH is 1. The SMILES string of the molecule is Cc1cc(F)c(Br)c(CCO)c1C. The van der Waals surface area contributed by atoms with Crippen molar-refractivity contribution in [1.82, 2.24) is 0 Å². The molecule has 0 saturated heterocycles. The van der Waals surface area contributed by atoms with E-state index in [-0.39, 0.29) is 12.4 Å². The Hall–Kier alpha value is -0.410. The molecule has 1 nitrogen and oxygen atoms in total. The molecule has 0 aliphatic rings. The summed E-state index contributed by atoms with van der Waals surface area (Å²) in [6.45, 7) is 3.85. The summed E-state index contributed by atoms with van der Waals surface area (Å²) < 4.78 is 13.7. The molecule has 0 unspecified atom stereocenters. The van der Waals surface area contributed by atoms with Gasteiger partial charge in [-0.05, 0) is 59.0 Å². The van der Waals surface area contributed by atoms with Crippen molar-refractivity contribution >= 4 is 15.9 Å². The summed E-state index contributed by atoms with van der Waals surface area (Å²) in [6.07, 6.45) is 0.491. The van der Waals surface area contributed by atoms with Crippen molar-refractivity contribution in [2.24, 2.45) is 0 Å². The number of rotatable bonds is 2. The van der Waals surface area contributed by atoms with Crippen LogP contribution in [-0.4, -0.2) is 11.7 Å². The Kier molecular flexibility index (Phi) is 3.45. The summed E-state index contributed by atoms with van der Waals surface area (Å²) in [5.74, 6) is -0.258. The van der Waals surface area contributed by atoms with Crippen LogP contribution < -0.4 is 0 Å². The van der Waals surface area contributed by atoms with Gasteiger partial charge in [-0.25, -0.2) is 4.39 Å². The van der Waals surface area contributed by atoms with Crippen LogP contribution in [0.15, 0.2) is 10.5 Å². The van der Waals surface area contributed by atoms with Gasteiger partial charge in [0.25, 0.3) is 0 Å². The van der Waals surface area contributed by atoms with Crippen LogP contribution in [0.25, 0.3) is 0 Å². The van der Waals surface area contributed by atoms with E-state index in [0.717, 1.165) is 16.7 Å². The zero-order chi connectivity index (χ0) is 10.0. The smallest absolute Gasteiger partial charge is 0.137 e. The third-order valence-electron chi connectivity index (χ3n) is 2.22. The van der Waals surface area contributed by atoms with Crippen LogP contribution in [0.2, 0.25) is 0 Å². The van der Waals surface area contributed by atoms with Crippen LogP contribution in [0.1, 0.15) is 16.7 Å². The van der Waals surface area contributed by atoms with E-state index >= 15 is 0 Å². The largest absolute Gasteiger partial charge is 0.396 e. The van der Waals surface area contributed by atoms with Crippen LogP contribution in [0.3, 0.4) is 0 Å². The molecule has 0 amide bonds. The summed E-state index contributed by atoms with van der Waals surface area (Å²) in [7, 11) is 0. The lowest BCUT2D eigenvalue weighted by molar-refractivity contribution is 0.299. The second kappa shape index (κ2) is 4.20. The van der Waals surface area contributed by atoms with Gasteiger partial charge in [0, 0.05) is 6.61 Å². The maximum Gasteiger partial charge on any atom is 0.137 e. The lowest BCUT2D eigenvalue weighted by Gasteiger charge is -2.10. The van der Waals surface area contributed by atoms with Crippen molar-refractivity contribution in [3.8, 4) is 0 Å². The van der Waals surface area contributed by atoms with E-state index < -0.39 is 0 Å². The predicted molar refractivity (Wildman–Crippen MR) is 54.4 cm³/mol. The van der Waals surface area contributed by atoms with Gasteiger partial charge < -0.3 is 5.11 Å². The van der Waals surface area contributed by atoms with Crippen LogP contribution in [0.5, 0.6) is 0 Å². The van der Waals surface area contributed by atoms with Crippen LogP contribution in [0.4, 0.5) is 4.39 Å². The highest BCUT2D eigenvalue weighted by Gasteiger charge is 2.10. The molecule has 0 bridgehead atoms. The zero-order valence-corrected chi connectivity index (χ0v) is 9.28. The molecule has 0 aliphatic heterocycles. The fourth-order valence-electron chi connectivity index (χ4n) is 1.32. The summed E-state index contributed by atoms with van der Waals surface area (Å²) >= 11 is 3.18. The summed E-state index contributed by atoms with van der Waals surface area (Å²) in [5, 5.41) is 8.81. The van der Waals surface area contributed by atoms with E-state index in [1.165, 1.54) is 6.07 Å². The molecule has 0 saturated carbocycles. The van der Waals surface area contributed by atoms with E-state index in [4.69, 9.17) is 5.11 Å². The molecule has 1 N–H and O–H groups in total. The molecular formula is C10H12BrFO. The Bertz CT molecular complexity index is 297. The number of halogens is 2. The van der Waals surface area contributed by atoms with E-state index in [9.17, 15) is 4.39 Å². The molecular weight excluding hydrogens is 235 g/mol. The summed E-state index contributed by atoms with van der Waals surface area (Å²) in [4.78, 5) is 0. The first kappa shape index (κ1) is 10.7. The van der Waals surface area contributed by atoms with Gasteiger partial charge in [-0.1, -0.05) is 0 Å². The highest BCUT2D eigenvalue weighted by molar-refractivity contribution is 9.10. The van der Waals surface area contributed by atoms with Gasteiger partial charge in [0.05, 0.1) is 4.47 Å². The molecule has 1 aromatic rings. The van der Waals surface area contributed by atoms with Gasteiger partial charge in [-0.15, -0.1) is 0 Å².